The van der Waals surface area contributed by atoms with E-state index in [2.05, 4.69) is 5.32 Å². The van der Waals surface area contributed by atoms with Gasteiger partial charge in [-0.3, -0.25) is 19.7 Å². The van der Waals surface area contributed by atoms with Crippen LogP contribution in [-0.4, -0.2) is 34.7 Å². The van der Waals surface area contributed by atoms with Crippen LogP contribution in [0, 0.1) is 10.1 Å². The highest BCUT2D eigenvalue weighted by Crippen LogP contribution is 2.21. The summed E-state index contributed by atoms with van der Waals surface area (Å²) in [5.41, 5.74) is 0.648. The lowest BCUT2D eigenvalue weighted by Crippen LogP contribution is -2.31. The van der Waals surface area contributed by atoms with E-state index in [9.17, 15) is 19.7 Å². The van der Waals surface area contributed by atoms with Gasteiger partial charge in [0.1, 0.15) is 5.56 Å². The minimum absolute atomic E-state index is 0.0215. The number of nitrogens with zero attached hydrogens (tertiary/aromatic N) is 2. The van der Waals surface area contributed by atoms with Gasteiger partial charge in [-0.05, 0) is 37.1 Å². The summed E-state index contributed by atoms with van der Waals surface area (Å²) in [6, 6.07) is 12.4. The van der Waals surface area contributed by atoms with Crippen LogP contribution < -0.4 is 5.32 Å². The van der Waals surface area contributed by atoms with Gasteiger partial charge in [0.05, 0.1) is 4.92 Å². The van der Waals surface area contributed by atoms with Crippen LogP contribution in [0.3, 0.4) is 0 Å². The molecule has 0 aliphatic carbocycles. The molecule has 0 aromatic heterocycles. The fourth-order valence-electron chi connectivity index (χ4n) is 3.21. The highest BCUT2D eigenvalue weighted by atomic mass is 16.6. The lowest BCUT2D eigenvalue weighted by atomic mass is 10.1. The number of amides is 2. The number of carbonyl (C=O) groups is 2. The van der Waals surface area contributed by atoms with Crippen LogP contribution in [0.1, 0.15) is 46.4 Å². The number of likely N-dealkylation sites (tertiary alicyclic amines) is 1. The molecular formula is C20H21N3O4. The first-order valence-electron chi connectivity index (χ1n) is 9.00. The van der Waals surface area contributed by atoms with Crippen molar-refractivity contribution in [3.63, 3.8) is 0 Å². The maximum absolute atomic E-state index is 12.7. The molecule has 1 fully saturated rings. The number of para-hydroxylation sites is 1. The molecular weight excluding hydrogens is 346 g/mol. The summed E-state index contributed by atoms with van der Waals surface area (Å²) < 4.78 is 0. The molecule has 1 heterocycles. The van der Waals surface area contributed by atoms with Crippen LogP contribution in [0.5, 0.6) is 0 Å². The Morgan fingerprint density at radius 1 is 0.963 bits per heavy atom. The largest absolute Gasteiger partial charge is 0.339 e. The maximum atomic E-state index is 12.7. The topological polar surface area (TPSA) is 92.6 Å². The van der Waals surface area contributed by atoms with E-state index in [1.54, 1.807) is 30.3 Å². The minimum atomic E-state index is -0.589. The van der Waals surface area contributed by atoms with E-state index in [1.165, 1.54) is 18.2 Å². The monoisotopic (exact) mass is 367 g/mol. The molecule has 140 valence electrons. The second-order valence-electron chi connectivity index (χ2n) is 6.52. The van der Waals surface area contributed by atoms with Crippen LogP contribution in [-0.2, 0) is 0 Å². The van der Waals surface area contributed by atoms with Crippen molar-refractivity contribution in [2.24, 2.45) is 0 Å². The van der Waals surface area contributed by atoms with Crippen LogP contribution in [0.25, 0.3) is 0 Å². The standard InChI is InChI=1S/C20H21N3O4/c24-19(17-10-3-4-11-18(17)23(26)27)21-16-9-7-8-15(14-16)20(25)22-12-5-1-2-6-13-22/h3-4,7-11,14H,1-2,5-6,12-13H2,(H,21,24). The summed E-state index contributed by atoms with van der Waals surface area (Å²) in [5, 5.41) is 13.8. The van der Waals surface area contributed by atoms with Crippen molar-refractivity contribution in [1.29, 1.82) is 0 Å². The van der Waals surface area contributed by atoms with Gasteiger partial charge in [-0.2, -0.15) is 0 Å². The molecule has 0 radical (unpaired) electrons. The smallest absolute Gasteiger partial charge is 0.282 e. The Kier molecular flexibility index (Phi) is 5.80. The van der Waals surface area contributed by atoms with Gasteiger partial charge in [0, 0.05) is 30.4 Å². The van der Waals surface area contributed by atoms with Crippen molar-refractivity contribution < 1.29 is 14.5 Å². The second-order valence-corrected chi connectivity index (χ2v) is 6.52. The van der Waals surface area contributed by atoms with Gasteiger partial charge in [0.15, 0.2) is 0 Å². The van der Waals surface area contributed by atoms with Crippen molar-refractivity contribution in [2.45, 2.75) is 25.7 Å². The van der Waals surface area contributed by atoms with Crippen molar-refractivity contribution in [3.05, 3.63) is 69.8 Å². The van der Waals surface area contributed by atoms with E-state index in [1.807, 2.05) is 4.90 Å². The predicted octanol–water partition coefficient (Wildman–Crippen LogP) is 3.86. The lowest BCUT2D eigenvalue weighted by Gasteiger charge is -2.20. The van der Waals surface area contributed by atoms with Crippen LogP contribution in [0.15, 0.2) is 48.5 Å². The first kappa shape index (κ1) is 18.6. The van der Waals surface area contributed by atoms with E-state index >= 15 is 0 Å². The third-order valence-corrected chi connectivity index (χ3v) is 4.61. The van der Waals surface area contributed by atoms with Crippen molar-refractivity contribution in [2.75, 3.05) is 18.4 Å². The normalized spacial score (nSPS) is 14.3. The number of hydrogen-bond donors (Lipinski definition) is 1. The average molecular weight is 367 g/mol. The summed E-state index contributed by atoms with van der Waals surface area (Å²) in [6.07, 6.45) is 4.27. The molecule has 7 heteroatoms. The SMILES string of the molecule is O=C(Nc1cccc(C(=O)N2CCCCCC2)c1)c1ccccc1[N+](=O)[O-]. The van der Waals surface area contributed by atoms with E-state index in [0.717, 1.165) is 38.8 Å². The zero-order valence-electron chi connectivity index (χ0n) is 14.9. The molecule has 0 unspecified atom stereocenters. The van der Waals surface area contributed by atoms with Gasteiger partial charge in [0.25, 0.3) is 17.5 Å². The number of benzene rings is 2. The Morgan fingerprint density at radius 2 is 1.67 bits per heavy atom. The molecule has 0 spiro atoms. The third kappa shape index (κ3) is 4.49. The second kappa shape index (κ2) is 8.44. The minimum Gasteiger partial charge on any atom is -0.339 e. The molecule has 1 saturated heterocycles. The Hall–Kier alpha value is -3.22. The fourth-order valence-corrected chi connectivity index (χ4v) is 3.21. The highest BCUT2D eigenvalue weighted by Gasteiger charge is 2.20. The predicted molar refractivity (Wildman–Crippen MR) is 102 cm³/mol. The van der Waals surface area contributed by atoms with Gasteiger partial charge in [-0.25, -0.2) is 0 Å². The zero-order chi connectivity index (χ0) is 19.2. The number of nitro benzene ring substituents is 1. The van der Waals surface area contributed by atoms with Gasteiger partial charge in [0.2, 0.25) is 0 Å². The lowest BCUT2D eigenvalue weighted by molar-refractivity contribution is -0.385. The Balaban J connectivity index is 1.77. The molecule has 1 aliphatic heterocycles. The number of nitrogens with one attached hydrogen (secondary N) is 1. The Morgan fingerprint density at radius 3 is 2.37 bits per heavy atom. The summed E-state index contributed by atoms with van der Waals surface area (Å²) >= 11 is 0. The molecule has 27 heavy (non-hydrogen) atoms. The van der Waals surface area contributed by atoms with E-state index < -0.39 is 10.8 Å². The number of rotatable bonds is 4. The summed E-state index contributed by atoms with van der Waals surface area (Å²) in [7, 11) is 0. The number of carbonyl (C=O) groups excluding carboxylic acids is 2. The van der Waals surface area contributed by atoms with Gasteiger partial charge < -0.3 is 10.2 Å². The molecule has 7 nitrogen and oxygen atoms in total. The zero-order valence-corrected chi connectivity index (χ0v) is 14.9. The first-order valence-corrected chi connectivity index (χ1v) is 9.00. The van der Waals surface area contributed by atoms with Gasteiger partial charge in [-0.15, -0.1) is 0 Å². The van der Waals surface area contributed by atoms with Crippen LogP contribution in [0.2, 0.25) is 0 Å². The van der Waals surface area contributed by atoms with E-state index in [-0.39, 0.29) is 17.2 Å². The molecule has 0 atom stereocenters. The number of hydrogen-bond acceptors (Lipinski definition) is 4. The van der Waals surface area contributed by atoms with E-state index in [0.29, 0.717) is 11.3 Å². The summed E-state index contributed by atoms with van der Waals surface area (Å²) in [6.45, 7) is 1.48. The first-order chi connectivity index (χ1) is 13.1. The van der Waals surface area contributed by atoms with Crippen LogP contribution in [0.4, 0.5) is 11.4 Å². The average Bonchev–Trinajstić information content (AvgIpc) is 2.97. The number of anilines is 1. The third-order valence-electron chi connectivity index (χ3n) is 4.61. The summed E-state index contributed by atoms with van der Waals surface area (Å²) in [5.74, 6) is -0.639. The van der Waals surface area contributed by atoms with E-state index in [4.69, 9.17) is 0 Å². The summed E-state index contributed by atoms with van der Waals surface area (Å²) in [4.78, 5) is 37.5. The molecule has 2 amide bonds. The Labute approximate surface area is 157 Å². The highest BCUT2D eigenvalue weighted by molar-refractivity contribution is 6.07. The molecule has 2 aromatic rings. The molecule has 0 bridgehead atoms. The Bertz CT molecular complexity index is 858. The number of nitro groups is 1. The molecule has 0 saturated carbocycles. The molecule has 3 rings (SSSR count). The van der Waals surface area contributed by atoms with Crippen LogP contribution >= 0.6 is 0 Å². The molecule has 1 N–H and O–H groups in total. The molecule has 2 aromatic carbocycles. The molecule has 1 aliphatic rings. The van der Waals surface area contributed by atoms with Gasteiger partial charge >= 0.3 is 0 Å². The van der Waals surface area contributed by atoms with Crippen molar-refractivity contribution >= 4 is 23.2 Å². The van der Waals surface area contributed by atoms with Crippen molar-refractivity contribution in [1.82, 2.24) is 4.90 Å². The van der Waals surface area contributed by atoms with Crippen molar-refractivity contribution in [3.8, 4) is 0 Å². The maximum Gasteiger partial charge on any atom is 0.282 e. The van der Waals surface area contributed by atoms with Gasteiger partial charge in [-0.1, -0.05) is 31.0 Å². The quantitative estimate of drug-likeness (QED) is 0.656. The fraction of sp³-hybridized carbons (Fsp3) is 0.300.